The molecule has 0 aliphatic carbocycles. The average molecular weight is 364 g/mol. The van der Waals surface area contributed by atoms with Gasteiger partial charge in [-0.15, -0.1) is 0 Å². The Morgan fingerprint density at radius 2 is 1.82 bits per heavy atom. The van der Waals surface area contributed by atoms with Gasteiger partial charge < -0.3 is 5.32 Å². The van der Waals surface area contributed by atoms with Gasteiger partial charge in [-0.2, -0.15) is 5.10 Å². The molecule has 0 aliphatic rings. The number of nitrogens with one attached hydrogen (secondary N) is 2. The maximum atomic E-state index is 13.0. The van der Waals surface area contributed by atoms with Crippen LogP contribution in [0.1, 0.15) is 5.56 Å². The third kappa shape index (κ3) is 4.78. The molecule has 2 aromatic rings. The largest absolute Gasteiger partial charge is 0.329 e. The van der Waals surface area contributed by atoms with Crippen molar-refractivity contribution in [3.63, 3.8) is 0 Å². The summed E-state index contributed by atoms with van der Waals surface area (Å²) in [7, 11) is 0. The Morgan fingerprint density at radius 1 is 1.09 bits per heavy atom. The van der Waals surface area contributed by atoms with E-state index >= 15 is 0 Å². The van der Waals surface area contributed by atoms with E-state index in [1.165, 1.54) is 24.4 Å². The van der Waals surface area contributed by atoms with Crippen LogP contribution in [-0.4, -0.2) is 18.0 Å². The van der Waals surface area contributed by atoms with Crippen LogP contribution >= 0.6 is 15.9 Å². The molecule has 0 bridgehead atoms. The second-order valence-electron chi connectivity index (χ2n) is 4.22. The SMILES string of the molecule is O=C(N/N=C\c1ccc(Br)cc1)C(=O)Nc1cccc(F)c1. The molecule has 2 N–H and O–H groups in total. The van der Waals surface area contributed by atoms with Gasteiger partial charge in [0, 0.05) is 10.2 Å². The van der Waals surface area contributed by atoms with Gasteiger partial charge in [-0.3, -0.25) is 9.59 Å². The van der Waals surface area contributed by atoms with Crippen molar-refractivity contribution in [2.75, 3.05) is 5.32 Å². The molecule has 5 nitrogen and oxygen atoms in total. The van der Waals surface area contributed by atoms with Gasteiger partial charge in [0.15, 0.2) is 0 Å². The first-order valence-corrected chi connectivity index (χ1v) is 6.99. The van der Waals surface area contributed by atoms with E-state index in [2.05, 4.69) is 31.8 Å². The van der Waals surface area contributed by atoms with Crippen LogP contribution in [0.15, 0.2) is 58.1 Å². The molecule has 2 aromatic carbocycles. The zero-order valence-electron chi connectivity index (χ0n) is 11.2. The van der Waals surface area contributed by atoms with Gasteiger partial charge in [-0.05, 0) is 35.9 Å². The van der Waals surface area contributed by atoms with E-state index in [9.17, 15) is 14.0 Å². The summed E-state index contributed by atoms with van der Waals surface area (Å²) in [5.74, 6) is -2.39. The summed E-state index contributed by atoms with van der Waals surface area (Å²) in [6.45, 7) is 0. The fourth-order valence-corrected chi connectivity index (χ4v) is 1.78. The zero-order valence-corrected chi connectivity index (χ0v) is 12.8. The minimum Gasteiger partial charge on any atom is -0.318 e. The molecular formula is C15H11BrFN3O2. The van der Waals surface area contributed by atoms with Crippen molar-refractivity contribution in [2.45, 2.75) is 0 Å². The van der Waals surface area contributed by atoms with E-state index in [-0.39, 0.29) is 5.69 Å². The second kappa shape index (κ2) is 7.46. The van der Waals surface area contributed by atoms with E-state index < -0.39 is 17.6 Å². The topological polar surface area (TPSA) is 70.6 Å². The third-order valence-electron chi connectivity index (χ3n) is 2.54. The molecule has 7 heteroatoms. The number of hydrazone groups is 1. The summed E-state index contributed by atoms with van der Waals surface area (Å²) in [6.07, 6.45) is 1.40. The molecule has 2 rings (SSSR count). The van der Waals surface area contributed by atoms with Crippen LogP contribution in [0, 0.1) is 5.82 Å². The van der Waals surface area contributed by atoms with Crippen molar-refractivity contribution in [3.8, 4) is 0 Å². The molecule has 112 valence electrons. The molecule has 0 aliphatic heterocycles. The fraction of sp³-hybridized carbons (Fsp3) is 0. The van der Waals surface area contributed by atoms with Crippen LogP contribution in [0.2, 0.25) is 0 Å². The first-order chi connectivity index (χ1) is 10.5. The summed E-state index contributed by atoms with van der Waals surface area (Å²) >= 11 is 3.30. The lowest BCUT2D eigenvalue weighted by Crippen LogP contribution is -2.32. The van der Waals surface area contributed by atoms with Crippen molar-refractivity contribution < 1.29 is 14.0 Å². The molecular weight excluding hydrogens is 353 g/mol. The Balaban J connectivity index is 1.89. The molecule has 0 heterocycles. The smallest absolute Gasteiger partial charge is 0.318 e. The third-order valence-corrected chi connectivity index (χ3v) is 3.07. The molecule has 0 radical (unpaired) electrons. The Morgan fingerprint density at radius 3 is 2.50 bits per heavy atom. The monoisotopic (exact) mass is 363 g/mol. The Hall–Kier alpha value is -2.54. The van der Waals surface area contributed by atoms with Gasteiger partial charge in [0.1, 0.15) is 5.82 Å². The quantitative estimate of drug-likeness (QED) is 0.500. The normalized spacial score (nSPS) is 10.5. The molecule has 0 saturated carbocycles. The number of halogens is 2. The van der Waals surface area contributed by atoms with Gasteiger partial charge in [0.2, 0.25) is 0 Å². The first-order valence-electron chi connectivity index (χ1n) is 6.20. The van der Waals surface area contributed by atoms with E-state index in [0.717, 1.165) is 16.1 Å². The van der Waals surface area contributed by atoms with Crippen LogP contribution in [-0.2, 0) is 9.59 Å². The summed E-state index contributed by atoms with van der Waals surface area (Å²) in [4.78, 5) is 23.1. The van der Waals surface area contributed by atoms with Crippen LogP contribution < -0.4 is 10.7 Å². The average Bonchev–Trinajstić information content (AvgIpc) is 2.49. The number of carbonyl (C=O) groups excluding carboxylic acids is 2. The summed E-state index contributed by atoms with van der Waals surface area (Å²) in [5, 5.41) is 5.94. The molecule has 22 heavy (non-hydrogen) atoms. The Labute approximate surface area is 134 Å². The van der Waals surface area contributed by atoms with Crippen LogP contribution in [0.5, 0.6) is 0 Å². The standard InChI is InChI=1S/C15H11BrFN3O2/c16-11-6-4-10(5-7-11)9-18-20-15(22)14(21)19-13-3-1-2-12(17)8-13/h1-9H,(H,19,21)(H,20,22)/b18-9-. The number of anilines is 1. The van der Waals surface area contributed by atoms with Gasteiger partial charge >= 0.3 is 11.8 Å². The van der Waals surface area contributed by atoms with E-state index in [1.807, 2.05) is 12.1 Å². The summed E-state index contributed by atoms with van der Waals surface area (Å²) in [5.41, 5.74) is 3.04. The number of hydrogen-bond donors (Lipinski definition) is 2. The predicted molar refractivity (Wildman–Crippen MR) is 84.9 cm³/mol. The highest BCUT2D eigenvalue weighted by atomic mass is 79.9. The number of carbonyl (C=O) groups is 2. The number of nitrogens with zero attached hydrogens (tertiary/aromatic N) is 1. The van der Waals surface area contributed by atoms with E-state index in [1.54, 1.807) is 12.1 Å². The molecule has 0 spiro atoms. The Bertz CT molecular complexity index is 717. The molecule has 0 atom stereocenters. The minimum atomic E-state index is -0.947. The highest BCUT2D eigenvalue weighted by Gasteiger charge is 2.12. The highest BCUT2D eigenvalue weighted by Crippen LogP contribution is 2.09. The number of benzene rings is 2. The van der Waals surface area contributed by atoms with Gasteiger partial charge in [0.05, 0.1) is 6.21 Å². The van der Waals surface area contributed by atoms with Crippen LogP contribution in [0.25, 0.3) is 0 Å². The van der Waals surface area contributed by atoms with Gasteiger partial charge in [0.25, 0.3) is 0 Å². The second-order valence-corrected chi connectivity index (χ2v) is 5.13. The molecule has 0 aromatic heterocycles. The summed E-state index contributed by atoms with van der Waals surface area (Å²) in [6, 6.07) is 12.4. The predicted octanol–water partition coefficient (Wildman–Crippen LogP) is 2.68. The number of hydrogen-bond acceptors (Lipinski definition) is 3. The van der Waals surface area contributed by atoms with Crippen molar-refractivity contribution in [1.82, 2.24) is 5.43 Å². The molecule has 0 unspecified atom stereocenters. The lowest BCUT2D eigenvalue weighted by Gasteiger charge is -2.03. The minimum absolute atomic E-state index is 0.192. The van der Waals surface area contributed by atoms with Crippen LogP contribution in [0.4, 0.5) is 10.1 Å². The lowest BCUT2D eigenvalue weighted by molar-refractivity contribution is -0.136. The van der Waals surface area contributed by atoms with Gasteiger partial charge in [-0.25, -0.2) is 9.82 Å². The number of rotatable bonds is 3. The van der Waals surface area contributed by atoms with Gasteiger partial charge in [-0.1, -0.05) is 34.1 Å². The highest BCUT2D eigenvalue weighted by molar-refractivity contribution is 9.10. The van der Waals surface area contributed by atoms with Crippen molar-refractivity contribution in [1.29, 1.82) is 0 Å². The summed E-state index contributed by atoms with van der Waals surface area (Å²) < 4.78 is 13.9. The van der Waals surface area contributed by atoms with Crippen molar-refractivity contribution in [3.05, 3.63) is 64.4 Å². The Kier molecular flexibility index (Phi) is 5.37. The van der Waals surface area contributed by atoms with Crippen molar-refractivity contribution in [2.24, 2.45) is 5.10 Å². The molecule has 2 amide bonds. The molecule has 0 saturated heterocycles. The number of amides is 2. The fourth-order valence-electron chi connectivity index (χ4n) is 1.52. The first kappa shape index (κ1) is 15.8. The van der Waals surface area contributed by atoms with Crippen molar-refractivity contribution >= 4 is 39.6 Å². The lowest BCUT2D eigenvalue weighted by atomic mass is 10.2. The maximum absolute atomic E-state index is 13.0. The van der Waals surface area contributed by atoms with E-state index in [4.69, 9.17) is 0 Å². The molecule has 0 fully saturated rings. The maximum Gasteiger partial charge on any atom is 0.329 e. The van der Waals surface area contributed by atoms with Crippen LogP contribution in [0.3, 0.4) is 0 Å². The van der Waals surface area contributed by atoms with E-state index in [0.29, 0.717) is 0 Å². The zero-order chi connectivity index (χ0) is 15.9.